The van der Waals surface area contributed by atoms with E-state index in [1.807, 2.05) is 83.4 Å². The van der Waals surface area contributed by atoms with Gasteiger partial charge in [-0.15, -0.1) is 10.2 Å². The summed E-state index contributed by atoms with van der Waals surface area (Å²) in [7, 11) is 3.18. The van der Waals surface area contributed by atoms with Gasteiger partial charge in [0, 0.05) is 11.3 Å². The molecule has 4 aromatic rings. The van der Waals surface area contributed by atoms with Crippen molar-refractivity contribution in [3.8, 4) is 28.6 Å². The maximum Gasteiger partial charge on any atom is 0.250 e. The highest BCUT2D eigenvalue weighted by atomic mass is 32.2. The van der Waals surface area contributed by atoms with E-state index in [4.69, 9.17) is 9.47 Å². The second kappa shape index (κ2) is 11.2. The summed E-state index contributed by atoms with van der Waals surface area (Å²) < 4.78 is 12.7. The summed E-state index contributed by atoms with van der Waals surface area (Å²) in [6, 6.07) is 24.8. The maximum absolute atomic E-state index is 12.4. The topological polar surface area (TPSA) is 90.6 Å². The van der Waals surface area contributed by atoms with Gasteiger partial charge in [-0.2, -0.15) is 5.10 Å². The molecule has 0 saturated carbocycles. The molecule has 1 heterocycles. The van der Waals surface area contributed by atoms with Gasteiger partial charge in [-0.25, -0.2) is 5.43 Å². The van der Waals surface area contributed by atoms with Crippen LogP contribution in [-0.4, -0.2) is 46.9 Å². The van der Waals surface area contributed by atoms with E-state index in [2.05, 4.69) is 20.7 Å². The van der Waals surface area contributed by atoms with Crippen molar-refractivity contribution in [2.24, 2.45) is 5.10 Å². The fraction of sp³-hybridized carbons (Fsp3) is 0.120. The minimum atomic E-state index is -0.243. The molecule has 4 rings (SSSR count). The molecular weight excluding hydrogens is 450 g/mol. The first-order valence-corrected chi connectivity index (χ1v) is 11.4. The quantitative estimate of drug-likeness (QED) is 0.223. The highest BCUT2D eigenvalue weighted by molar-refractivity contribution is 7.99. The molecule has 0 aliphatic carbocycles. The number of carbonyl (C=O) groups excluding carboxylic acids is 1. The molecule has 1 aromatic heterocycles. The van der Waals surface area contributed by atoms with E-state index < -0.39 is 0 Å². The van der Waals surface area contributed by atoms with Crippen molar-refractivity contribution >= 4 is 23.9 Å². The van der Waals surface area contributed by atoms with Gasteiger partial charge in [0.15, 0.2) is 22.5 Å². The molecule has 1 N–H and O–H groups in total. The number of thioether (sulfide) groups is 1. The first-order valence-electron chi connectivity index (χ1n) is 10.4. The molecule has 0 spiro atoms. The lowest BCUT2D eigenvalue weighted by atomic mass is 10.2. The van der Waals surface area contributed by atoms with Crippen molar-refractivity contribution in [2.75, 3.05) is 20.0 Å². The Balaban J connectivity index is 1.56. The van der Waals surface area contributed by atoms with Crippen molar-refractivity contribution in [3.05, 3.63) is 84.4 Å². The molecule has 0 saturated heterocycles. The highest BCUT2D eigenvalue weighted by Gasteiger charge is 2.18. The minimum absolute atomic E-state index is 0.128. The van der Waals surface area contributed by atoms with Crippen LogP contribution < -0.4 is 14.9 Å². The van der Waals surface area contributed by atoms with Gasteiger partial charge >= 0.3 is 0 Å². The van der Waals surface area contributed by atoms with Crippen LogP contribution in [0.25, 0.3) is 17.1 Å². The Morgan fingerprint density at radius 1 is 0.971 bits per heavy atom. The second-order valence-corrected chi connectivity index (χ2v) is 7.98. The number of hydrazone groups is 1. The van der Waals surface area contributed by atoms with E-state index in [0.29, 0.717) is 22.5 Å². The van der Waals surface area contributed by atoms with E-state index in [-0.39, 0.29) is 11.7 Å². The zero-order chi connectivity index (χ0) is 23.8. The zero-order valence-electron chi connectivity index (χ0n) is 18.7. The van der Waals surface area contributed by atoms with Crippen molar-refractivity contribution < 1.29 is 14.3 Å². The molecule has 172 valence electrons. The molecule has 0 aliphatic rings. The Morgan fingerprint density at radius 2 is 1.68 bits per heavy atom. The normalized spacial score (nSPS) is 10.9. The minimum Gasteiger partial charge on any atom is -0.493 e. The van der Waals surface area contributed by atoms with Gasteiger partial charge in [0.1, 0.15) is 0 Å². The van der Waals surface area contributed by atoms with Crippen molar-refractivity contribution in [1.82, 2.24) is 20.2 Å². The van der Waals surface area contributed by atoms with Crippen LogP contribution in [0, 0.1) is 0 Å². The van der Waals surface area contributed by atoms with Crippen LogP contribution in [0.2, 0.25) is 0 Å². The molecule has 3 aromatic carbocycles. The summed E-state index contributed by atoms with van der Waals surface area (Å²) in [5, 5.41) is 13.4. The maximum atomic E-state index is 12.4. The predicted octanol–water partition coefficient (Wildman–Crippen LogP) is 4.19. The number of rotatable bonds is 9. The van der Waals surface area contributed by atoms with Crippen LogP contribution in [0.15, 0.2) is 89.1 Å². The Kier molecular flexibility index (Phi) is 7.56. The van der Waals surface area contributed by atoms with Gasteiger partial charge in [0.05, 0.1) is 26.2 Å². The molecule has 8 nitrogen and oxygen atoms in total. The number of hydrogen-bond donors (Lipinski definition) is 1. The predicted molar refractivity (Wildman–Crippen MR) is 133 cm³/mol. The molecule has 0 atom stereocenters. The molecule has 9 heteroatoms. The Bertz CT molecular complexity index is 1280. The number of carbonyl (C=O) groups is 1. The summed E-state index contributed by atoms with van der Waals surface area (Å²) >= 11 is 1.28. The number of ether oxygens (including phenoxy) is 2. The van der Waals surface area contributed by atoms with Crippen molar-refractivity contribution in [2.45, 2.75) is 5.16 Å². The van der Waals surface area contributed by atoms with E-state index in [9.17, 15) is 4.79 Å². The van der Waals surface area contributed by atoms with E-state index >= 15 is 0 Å². The zero-order valence-corrected chi connectivity index (χ0v) is 19.5. The molecule has 34 heavy (non-hydrogen) atoms. The monoisotopic (exact) mass is 473 g/mol. The molecule has 0 radical (unpaired) electrons. The van der Waals surface area contributed by atoms with Crippen LogP contribution in [-0.2, 0) is 4.79 Å². The summed E-state index contributed by atoms with van der Waals surface area (Å²) in [5.41, 5.74) is 5.13. The van der Waals surface area contributed by atoms with Gasteiger partial charge in [-0.1, -0.05) is 60.3 Å². The van der Waals surface area contributed by atoms with Crippen LogP contribution >= 0.6 is 11.8 Å². The molecule has 0 unspecified atom stereocenters. The van der Waals surface area contributed by atoms with E-state index in [1.54, 1.807) is 20.4 Å². The van der Waals surface area contributed by atoms with Crippen molar-refractivity contribution in [1.29, 1.82) is 0 Å². The number of benzene rings is 3. The SMILES string of the molecule is COc1ccc(-c2nnc(SCC(=O)N/N=C\c3ccccc3)n2-c2ccccc2)cc1OC. The fourth-order valence-electron chi connectivity index (χ4n) is 3.22. The summed E-state index contributed by atoms with van der Waals surface area (Å²) in [6.45, 7) is 0. The van der Waals surface area contributed by atoms with Gasteiger partial charge in [-0.3, -0.25) is 9.36 Å². The first-order chi connectivity index (χ1) is 16.7. The van der Waals surface area contributed by atoms with Gasteiger partial charge < -0.3 is 9.47 Å². The highest BCUT2D eigenvalue weighted by Crippen LogP contribution is 2.34. The third-order valence-corrected chi connectivity index (χ3v) is 5.75. The smallest absolute Gasteiger partial charge is 0.250 e. The Labute approximate surface area is 201 Å². The molecule has 0 aliphatic heterocycles. The van der Waals surface area contributed by atoms with E-state index in [0.717, 1.165) is 16.8 Å². The lowest BCUT2D eigenvalue weighted by Crippen LogP contribution is -2.20. The van der Waals surface area contributed by atoms with Crippen molar-refractivity contribution in [3.63, 3.8) is 0 Å². The Hall–Kier alpha value is -4.11. The number of aromatic nitrogens is 3. The third kappa shape index (κ3) is 5.44. The number of methoxy groups -OCH3 is 2. The van der Waals surface area contributed by atoms with Gasteiger partial charge in [0.25, 0.3) is 5.91 Å². The third-order valence-electron chi connectivity index (χ3n) is 4.82. The number of hydrogen-bond acceptors (Lipinski definition) is 7. The molecule has 0 bridgehead atoms. The standard InChI is InChI=1S/C25H23N5O3S/c1-32-21-14-13-19(15-22(21)33-2)24-28-29-25(30(24)20-11-7-4-8-12-20)34-17-23(31)27-26-16-18-9-5-3-6-10-18/h3-16H,17H2,1-2H3,(H,27,31)/b26-16-. The van der Waals surface area contributed by atoms with Crippen LogP contribution in [0.5, 0.6) is 11.5 Å². The number of nitrogens with zero attached hydrogens (tertiary/aromatic N) is 4. The number of para-hydroxylation sites is 1. The van der Waals surface area contributed by atoms with E-state index in [1.165, 1.54) is 11.8 Å². The molecule has 0 fully saturated rings. The lowest BCUT2D eigenvalue weighted by molar-refractivity contribution is -0.118. The summed E-state index contributed by atoms with van der Waals surface area (Å²) in [6.07, 6.45) is 1.60. The number of nitrogens with one attached hydrogen (secondary N) is 1. The average molecular weight is 474 g/mol. The van der Waals surface area contributed by atoms with Crippen LogP contribution in [0.1, 0.15) is 5.56 Å². The largest absolute Gasteiger partial charge is 0.493 e. The lowest BCUT2D eigenvalue weighted by Gasteiger charge is -2.12. The summed E-state index contributed by atoms with van der Waals surface area (Å²) in [4.78, 5) is 12.4. The first kappa shape index (κ1) is 23.1. The second-order valence-electron chi connectivity index (χ2n) is 7.04. The molecular formula is C25H23N5O3S. The van der Waals surface area contributed by atoms with Crippen LogP contribution in [0.4, 0.5) is 0 Å². The average Bonchev–Trinajstić information content (AvgIpc) is 3.32. The summed E-state index contributed by atoms with van der Waals surface area (Å²) in [5.74, 6) is 1.72. The fourth-order valence-corrected chi connectivity index (χ4v) is 3.96. The van der Waals surface area contributed by atoms with Crippen LogP contribution in [0.3, 0.4) is 0 Å². The van der Waals surface area contributed by atoms with Gasteiger partial charge in [-0.05, 0) is 35.9 Å². The Morgan fingerprint density at radius 3 is 2.38 bits per heavy atom. The molecule has 1 amide bonds. The number of amides is 1. The van der Waals surface area contributed by atoms with Gasteiger partial charge in [0.2, 0.25) is 0 Å².